The number of ether oxygens (including phenoxy) is 1. The maximum atomic E-state index is 12.3. The number of thiazole rings is 1. The smallest absolute Gasteiger partial charge is 0.270 e. The third kappa shape index (κ3) is 4.83. The van der Waals surface area contributed by atoms with Crippen LogP contribution in [0.25, 0.3) is 0 Å². The lowest BCUT2D eigenvalue weighted by atomic mass is 10.3. The molecule has 2 heterocycles. The lowest BCUT2D eigenvalue weighted by Gasteiger charge is -2.25. The number of benzene rings is 1. The molecule has 26 heavy (non-hydrogen) atoms. The molecular weight excluding hydrogens is 380 g/mol. The molecule has 3 rings (SSSR count). The molecule has 0 atom stereocenters. The Hall–Kier alpha value is -1.92. The summed E-state index contributed by atoms with van der Waals surface area (Å²) in [6.07, 6.45) is 0. The molecule has 140 valence electrons. The zero-order chi connectivity index (χ0) is 18.6. The van der Waals surface area contributed by atoms with E-state index in [1.807, 2.05) is 5.38 Å². The minimum Gasteiger partial charge on any atom is -0.379 e. The van der Waals surface area contributed by atoms with Gasteiger partial charge in [-0.05, 0) is 6.07 Å². The van der Waals surface area contributed by atoms with Crippen LogP contribution in [0.1, 0.15) is 10.7 Å². The van der Waals surface area contributed by atoms with Crippen molar-refractivity contribution in [2.45, 2.75) is 18.0 Å². The summed E-state index contributed by atoms with van der Waals surface area (Å²) in [5, 5.41) is 13.3. The van der Waals surface area contributed by atoms with Crippen LogP contribution < -0.4 is 4.72 Å². The number of non-ortho nitro benzene ring substituents is 1. The molecular formula is C15H18N4O5S2. The van der Waals surface area contributed by atoms with Crippen LogP contribution >= 0.6 is 11.3 Å². The Morgan fingerprint density at radius 2 is 2.12 bits per heavy atom. The average Bonchev–Trinajstić information content (AvgIpc) is 3.08. The Labute approximate surface area is 154 Å². The highest BCUT2D eigenvalue weighted by Crippen LogP contribution is 2.18. The molecule has 1 aromatic carbocycles. The number of aromatic nitrogens is 1. The van der Waals surface area contributed by atoms with E-state index in [1.165, 1.54) is 29.5 Å². The number of sulfonamides is 1. The number of nitro groups is 1. The third-order valence-electron chi connectivity index (χ3n) is 3.84. The molecule has 1 saturated heterocycles. The minimum atomic E-state index is -3.85. The highest BCUT2D eigenvalue weighted by Gasteiger charge is 2.18. The molecule has 1 N–H and O–H groups in total. The largest absolute Gasteiger partial charge is 0.379 e. The van der Waals surface area contributed by atoms with E-state index in [2.05, 4.69) is 14.6 Å². The number of hydrogen-bond acceptors (Lipinski definition) is 8. The fourth-order valence-electron chi connectivity index (χ4n) is 2.50. The molecule has 0 amide bonds. The predicted octanol–water partition coefficient (Wildman–Crippen LogP) is 1.36. The predicted molar refractivity (Wildman–Crippen MR) is 95.3 cm³/mol. The molecule has 0 aliphatic carbocycles. The average molecular weight is 398 g/mol. The quantitative estimate of drug-likeness (QED) is 0.553. The van der Waals surface area contributed by atoms with E-state index in [0.29, 0.717) is 24.8 Å². The van der Waals surface area contributed by atoms with Crippen molar-refractivity contribution < 1.29 is 18.1 Å². The van der Waals surface area contributed by atoms with Crippen molar-refractivity contribution in [1.82, 2.24) is 14.6 Å². The maximum Gasteiger partial charge on any atom is 0.270 e. The van der Waals surface area contributed by atoms with Crippen molar-refractivity contribution in [3.63, 3.8) is 0 Å². The summed E-state index contributed by atoms with van der Waals surface area (Å²) in [6, 6.07) is 4.95. The molecule has 0 saturated carbocycles. The van der Waals surface area contributed by atoms with Gasteiger partial charge >= 0.3 is 0 Å². The van der Waals surface area contributed by atoms with Crippen molar-refractivity contribution in [1.29, 1.82) is 0 Å². The molecule has 1 aliphatic heterocycles. The van der Waals surface area contributed by atoms with Crippen LogP contribution in [0.5, 0.6) is 0 Å². The van der Waals surface area contributed by atoms with Crippen molar-refractivity contribution in [3.05, 3.63) is 50.5 Å². The molecule has 1 aliphatic rings. The molecule has 9 nitrogen and oxygen atoms in total. The van der Waals surface area contributed by atoms with Crippen LogP contribution in [-0.2, 0) is 27.8 Å². The molecule has 0 radical (unpaired) electrons. The second-order valence-corrected chi connectivity index (χ2v) is 8.41. The van der Waals surface area contributed by atoms with Gasteiger partial charge in [-0.25, -0.2) is 18.1 Å². The van der Waals surface area contributed by atoms with Gasteiger partial charge < -0.3 is 4.74 Å². The fraction of sp³-hybridized carbons (Fsp3) is 0.400. The zero-order valence-corrected chi connectivity index (χ0v) is 15.5. The summed E-state index contributed by atoms with van der Waals surface area (Å²) < 4.78 is 32.4. The van der Waals surface area contributed by atoms with Crippen LogP contribution in [0.3, 0.4) is 0 Å². The Bertz CT molecular complexity index is 878. The summed E-state index contributed by atoms with van der Waals surface area (Å²) in [5.74, 6) is 0. The summed E-state index contributed by atoms with van der Waals surface area (Å²) in [6.45, 7) is 3.87. The van der Waals surface area contributed by atoms with Crippen LogP contribution in [-0.4, -0.2) is 49.5 Å². The van der Waals surface area contributed by atoms with E-state index in [-0.39, 0.29) is 17.1 Å². The standard InChI is InChI=1S/C15H18N4O5S2/c20-19(21)13-2-1-3-14(8-13)26(22,23)16-9-15-17-12(11-25-15)10-18-4-6-24-7-5-18/h1-3,8,11,16H,4-7,9-10H2. The van der Waals surface area contributed by atoms with Crippen molar-refractivity contribution in [2.24, 2.45) is 0 Å². The van der Waals surface area contributed by atoms with Gasteiger partial charge in [-0.1, -0.05) is 6.07 Å². The van der Waals surface area contributed by atoms with Crippen molar-refractivity contribution in [2.75, 3.05) is 26.3 Å². The maximum absolute atomic E-state index is 12.3. The second-order valence-electron chi connectivity index (χ2n) is 5.70. The summed E-state index contributed by atoms with van der Waals surface area (Å²) in [5.41, 5.74) is 0.622. The van der Waals surface area contributed by atoms with Gasteiger partial charge in [0.1, 0.15) is 5.01 Å². The highest BCUT2D eigenvalue weighted by atomic mass is 32.2. The highest BCUT2D eigenvalue weighted by molar-refractivity contribution is 7.89. The Morgan fingerprint density at radius 1 is 1.35 bits per heavy atom. The molecule has 0 spiro atoms. The third-order valence-corrected chi connectivity index (χ3v) is 6.14. The molecule has 11 heteroatoms. The first kappa shape index (κ1) is 18.9. The SMILES string of the molecule is O=[N+]([O-])c1cccc(S(=O)(=O)NCc2nc(CN3CCOCC3)cs2)c1. The first-order chi connectivity index (χ1) is 12.4. The molecule has 0 bridgehead atoms. The van der Waals surface area contributed by atoms with Gasteiger partial charge in [-0.3, -0.25) is 15.0 Å². The van der Waals surface area contributed by atoms with Crippen LogP contribution in [0, 0.1) is 10.1 Å². The van der Waals surface area contributed by atoms with E-state index in [1.54, 1.807) is 0 Å². The Kier molecular flexibility index (Phi) is 5.94. The number of hydrogen-bond donors (Lipinski definition) is 1. The molecule has 2 aromatic rings. The van der Waals surface area contributed by atoms with Crippen LogP contribution in [0.4, 0.5) is 5.69 Å². The number of nitrogens with zero attached hydrogens (tertiary/aromatic N) is 3. The van der Waals surface area contributed by atoms with Gasteiger partial charge in [-0.15, -0.1) is 11.3 Å². The van der Waals surface area contributed by atoms with E-state index >= 15 is 0 Å². The van der Waals surface area contributed by atoms with E-state index < -0.39 is 14.9 Å². The topological polar surface area (TPSA) is 115 Å². The van der Waals surface area contributed by atoms with Gasteiger partial charge in [0.25, 0.3) is 5.69 Å². The molecule has 1 aromatic heterocycles. The van der Waals surface area contributed by atoms with Crippen molar-refractivity contribution in [3.8, 4) is 0 Å². The first-order valence-electron chi connectivity index (χ1n) is 7.91. The van der Waals surface area contributed by atoms with Crippen LogP contribution in [0.15, 0.2) is 34.5 Å². The molecule has 1 fully saturated rings. The van der Waals surface area contributed by atoms with E-state index in [9.17, 15) is 18.5 Å². The summed E-state index contributed by atoms with van der Waals surface area (Å²) in [4.78, 5) is 16.7. The monoisotopic (exact) mass is 398 g/mol. The van der Waals surface area contributed by atoms with Crippen LogP contribution in [0.2, 0.25) is 0 Å². The number of rotatable bonds is 7. The first-order valence-corrected chi connectivity index (χ1v) is 10.3. The summed E-state index contributed by atoms with van der Waals surface area (Å²) >= 11 is 1.38. The minimum absolute atomic E-state index is 0.0405. The van der Waals surface area contributed by atoms with E-state index in [0.717, 1.165) is 24.8 Å². The number of nitrogens with one attached hydrogen (secondary N) is 1. The Balaban J connectivity index is 1.61. The van der Waals surface area contributed by atoms with Gasteiger partial charge in [0.2, 0.25) is 10.0 Å². The fourth-order valence-corrected chi connectivity index (χ4v) is 4.34. The normalized spacial score (nSPS) is 15.8. The lowest BCUT2D eigenvalue weighted by molar-refractivity contribution is -0.385. The van der Waals surface area contributed by atoms with Gasteiger partial charge in [0, 0.05) is 37.1 Å². The number of morpholine rings is 1. The van der Waals surface area contributed by atoms with Gasteiger partial charge in [0.05, 0.1) is 35.3 Å². The second kappa shape index (κ2) is 8.18. The zero-order valence-electron chi connectivity index (χ0n) is 13.8. The lowest BCUT2D eigenvalue weighted by Crippen LogP contribution is -2.35. The molecule has 0 unspecified atom stereocenters. The Morgan fingerprint density at radius 3 is 2.85 bits per heavy atom. The van der Waals surface area contributed by atoms with E-state index in [4.69, 9.17) is 4.74 Å². The number of nitro benzene ring substituents is 1. The van der Waals surface area contributed by atoms with Gasteiger partial charge in [-0.2, -0.15) is 0 Å². The van der Waals surface area contributed by atoms with Crippen molar-refractivity contribution >= 4 is 27.0 Å². The summed E-state index contributed by atoms with van der Waals surface area (Å²) in [7, 11) is -3.85. The van der Waals surface area contributed by atoms with Gasteiger partial charge in [0.15, 0.2) is 0 Å².